The zero-order chi connectivity index (χ0) is 32.0. The van der Waals surface area contributed by atoms with Crippen LogP contribution in [0.25, 0.3) is 22.9 Å². The Kier molecular flexibility index (Phi) is 7.64. The summed E-state index contributed by atoms with van der Waals surface area (Å²) in [5.74, 6) is -2.84. The lowest BCUT2D eigenvalue weighted by molar-refractivity contribution is -0.145. The van der Waals surface area contributed by atoms with Gasteiger partial charge < -0.3 is 16.4 Å². The Morgan fingerprint density at radius 2 is 1.20 bits per heavy atom. The number of nitrogens with zero attached hydrogens (tertiary/aromatic N) is 2. The van der Waals surface area contributed by atoms with Gasteiger partial charge in [-0.15, -0.1) is 0 Å². The molecule has 0 saturated carbocycles. The first-order valence-electron chi connectivity index (χ1n) is 14.4. The maximum Gasteiger partial charge on any atom is 0.243 e. The van der Waals surface area contributed by atoms with Gasteiger partial charge in [-0.1, -0.05) is 108 Å². The van der Waals surface area contributed by atoms with Gasteiger partial charge in [0.1, 0.15) is 0 Å². The first kappa shape index (κ1) is 29.8. The summed E-state index contributed by atoms with van der Waals surface area (Å²) < 4.78 is 0. The molecular weight excluding hydrogens is 637 g/mol. The van der Waals surface area contributed by atoms with Crippen LogP contribution in [0.3, 0.4) is 0 Å². The van der Waals surface area contributed by atoms with Crippen LogP contribution in [-0.4, -0.2) is 26.9 Å². The normalized spacial score (nSPS) is 19.4. The minimum atomic E-state index is -1.82. The van der Waals surface area contributed by atoms with Crippen LogP contribution in [0.5, 0.6) is 0 Å². The fraction of sp³-hybridized carbons (Fsp3) is 0.0833. The van der Waals surface area contributed by atoms with Crippen LogP contribution >= 0.6 is 35.4 Å². The number of thiocarbonyl (C=S) groups is 1. The van der Waals surface area contributed by atoms with Crippen LogP contribution in [0, 0.1) is 5.41 Å². The summed E-state index contributed by atoms with van der Waals surface area (Å²) in [5, 5.41) is 6.53. The SMILES string of the molecule is Nc1nc2c(c(-c3ccccc3)n1)C(c1ccc(Cl)cc1)C1(C(=O)NC(=S)NC1=O)C(c1ccc(Cl)cc1)/C2=C/c1ccccc1. The molecule has 7 rings (SSSR count). The fourth-order valence-corrected chi connectivity index (χ4v) is 7.14. The molecule has 226 valence electrons. The first-order valence-corrected chi connectivity index (χ1v) is 15.6. The predicted molar refractivity (Wildman–Crippen MR) is 185 cm³/mol. The second-order valence-corrected chi connectivity index (χ2v) is 12.4. The lowest BCUT2D eigenvalue weighted by Crippen LogP contribution is -2.67. The second kappa shape index (κ2) is 11.8. The van der Waals surface area contributed by atoms with Crippen molar-refractivity contribution in [2.24, 2.45) is 5.41 Å². The van der Waals surface area contributed by atoms with Crippen molar-refractivity contribution in [1.29, 1.82) is 0 Å². The number of nitrogens with one attached hydrogen (secondary N) is 2. The van der Waals surface area contributed by atoms with Gasteiger partial charge in [-0.3, -0.25) is 9.59 Å². The lowest BCUT2D eigenvalue weighted by atomic mass is 9.52. The Morgan fingerprint density at radius 1 is 0.696 bits per heavy atom. The Hall–Kier alpha value is -4.89. The highest BCUT2D eigenvalue weighted by Crippen LogP contribution is 2.62. The zero-order valence-electron chi connectivity index (χ0n) is 24.1. The fourth-order valence-electron chi connectivity index (χ4n) is 6.71. The summed E-state index contributed by atoms with van der Waals surface area (Å²) >= 11 is 18.1. The summed E-state index contributed by atoms with van der Waals surface area (Å²) in [6, 6.07) is 33.4. The topological polar surface area (TPSA) is 110 Å². The highest BCUT2D eigenvalue weighted by molar-refractivity contribution is 7.80. The number of amides is 2. The summed E-state index contributed by atoms with van der Waals surface area (Å²) in [4.78, 5) is 39.2. The van der Waals surface area contributed by atoms with E-state index in [9.17, 15) is 9.59 Å². The van der Waals surface area contributed by atoms with Crippen LogP contribution < -0.4 is 16.4 Å². The molecule has 7 nitrogen and oxygen atoms in total. The number of anilines is 1. The Morgan fingerprint density at radius 3 is 1.76 bits per heavy atom. The molecule has 4 N–H and O–H groups in total. The Labute approximate surface area is 280 Å². The summed E-state index contributed by atoms with van der Waals surface area (Å²) in [5.41, 5.74) is 9.78. The van der Waals surface area contributed by atoms with Gasteiger partial charge in [0, 0.05) is 33.0 Å². The number of benzene rings is 4. The molecule has 10 heteroatoms. The molecule has 1 aliphatic carbocycles. The van der Waals surface area contributed by atoms with Gasteiger partial charge in [-0.05, 0) is 64.8 Å². The lowest BCUT2D eigenvalue weighted by Gasteiger charge is -2.50. The van der Waals surface area contributed by atoms with Crippen LogP contribution in [-0.2, 0) is 9.59 Å². The van der Waals surface area contributed by atoms with Crippen LogP contribution in [0.1, 0.15) is 39.8 Å². The van der Waals surface area contributed by atoms with Gasteiger partial charge in [0.2, 0.25) is 17.8 Å². The number of rotatable bonds is 4. The number of nitrogens with two attached hydrogens (primary N) is 1. The number of carbonyl (C=O) groups excluding carboxylic acids is 2. The van der Waals surface area contributed by atoms with Gasteiger partial charge in [0.25, 0.3) is 0 Å². The molecular formula is C36H25Cl2N5O2S. The van der Waals surface area contributed by atoms with E-state index in [2.05, 4.69) is 10.6 Å². The van der Waals surface area contributed by atoms with Crippen LogP contribution in [0.15, 0.2) is 109 Å². The van der Waals surface area contributed by atoms with Crippen molar-refractivity contribution < 1.29 is 9.59 Å². The molecule has 0 bridgehead atoms. The minimum absolute atomic E-state index is 0.0518. The van der Waals surface area contributed by atoms with E-state index in [1.54, 1.807) is 24.3 Å². The number of carbonyl (C=O) groups is 2. The van der Waals surface area contributed by atoms with Gasteiger partial charge in [-0.25, -0.2) is 9.97 Å². The van der Waals surface area contributed by atoms with Crippen molar-refractivity contribution in [3.8, 4) is 11.3 Å². The summed E-state index contributed by atoms with van der Waals surface area (Å²) in [6.45, 7) is 0. The molecule has 46 heavy (non-hydrogen) atoms. The minimum Gasteiger partial charge on any atom is -0.368 e. The van der Waals surface area contributed by atoms with Gasteiger partial charge in [0.05, 0.1) is 11.4 Å². The molecule has 2 aliphatic rings. The largest absolute Gasteiger partial charge is 0.368 e. The van der Waals surface area contributed by atoms with Gasteiger partial charge in [0.15, 0.2) is 10.5 Å². The molecule has 2 heterocycles. The van der Waals surface area contributed by atoms with E-state index >= 15 is 0 Å². The third-order valence-corrected chi connectivity index (χ3v) is 9.24. The maximum atomic E-state index is 14.8. The van der Waals surface area contributed by atoms with E-state index in [0.29, 0.717) is 43.7 Å². The highest BCUT2D eigenvalue weighted by atomic mass is 35.5. The third-order valence-electron chi connectivity index (χ3n) is 8.53. The molecule has 1 spiro atoms. The van der Waals surface area contributed by atoms with Crippen molar-refractivity contribution >= 4 is 69.9 Å². The van der Waals surface area contributed by atoms with E-state index in [4.69, 9.17) is 51.1 Å². The molecule has 1 saturated heterocycles. The van der Waals surface area contributed by atoms with Crippen molar-refractivity contribution in [2.45, 2.75) is 11.8 Å². The molecule has 2 amide bonds. The average molecular weight is 663 g/mol. The smallest absolute Gasteiger partial charge is 0.243 e. The molecule has 1 aromatic heterocycles. The van der Waals surface area contributed by atoms with E-state index < -0.39 is 29.1 Å². The van der Waals surface area contributed by atoms with E-state index in [-0.39, 0.29) is 11.1 Å². The van der Waals surface area contributed by atoms with E-state index in [1.807, 2.05) is 91.0 Å². The summed E-state index contributed by atoms with van der Waals surface area (Å²) in [7, 11) is 0. The Balaban J connectivity index is 1.69. The standard InChI is InChI=1S/C36H25Cl2N5O2S/c37-24-15-11-21(12-16-24)28-26(19-20-7-3-1-4-8-20)31-27(30(40-34(39)41-31)23-9-5-2-6-10-23)29(22-13-17-25(38)18-14-22)36(28)32(44)42-35(46)43-33(36)45/h1-19,28-29H,(H2,39,40,41)(H2,42,43,44,45,46)/b26-19-. The quantitative estimate of drug-likeness (QED) is 0.141. The number of halogens is 2. The number of nitrogen functional groups attached to an aromatic ring is 1. The number of allylic oxidation sites excluding steroid dienone is 1. The predicted octanol–water partition coefficient (Wildman–Crippen LogP) is 7.02. The molecule has 0 radical (unpaired) electrons. The summed E-state index contributed by atoms with van der Waals surface area (Å²) in [6.07, 6.45) is 1.95. The van der Waals surface area contributed by atoms with Crippen LogP contribution in [0.4, 0.5) is 5.95 Å². The van der Waals surface area contributed by atoms with Crippen molar-refractivity contribution in [3.63, 3.8) is 0 Å². The van der Waals surface area contributed by atoms with Crippen molar-refractivity contribution in [3.05, 3.63) is 147 Å². The Bertz CT molecular complexity index is 2020. The van der Waals surface area contributed by atoms with Gasteiger partial charge >= 0.3 is 0 Å². The monoisotopic (exact) mass is 661 g/mol. The maximum absolute atomic E-state index is 14.8. The third kappa shape index (κ3) is 4.95. The number of hydrogen-bond acceptors (Lipinski definition) is 6. The van der Waals surface area contributed by atoms with E-state index in [0.717, 1.165) is 11.1 Å². The first-order chi connectivity index (χ1) is 22.3. The molecule has 4 aromatic carbocycles. The van der Waals surface area contributed by atoms with Crippen molar-refractivity contribution in [1.82, 2.24) is 20.6 Å². The van der Waals surface area contributed by atoms with Crippen molar-refractivity contribution in [2.75, 3.05) is 5.73 Å². The highest BCUT2D eigenvalue weighted by Gasteiger charge is 2.65. The molecule has 2 atom stereocenters. The second-order valence-electron chi connectivity index (χ2n) is 11.1. The molecule has 1 fully saturated rings. The molecule has 1 aliphatic heterocycles. The van der Waals surface area contributed by atoms with Crippen LogP contribution in [0.2, 0.25) is 10.0 Å². The number of fused-ring (bicyclic) bond motifs is 1. The zero-order valence-corrected chi connectivity index (χ0v) is 26.4. The average Bonchev–Trinajstić information content (AvgIpc) is 3.05. The molecule has 2 unspecified atom stereocenters. The van der Waals surface area contributed by atoms with Gasteiger partial charge in [-0.2, -0.15) is 0 Å². The molecule has 5 aromatic rings. The number of hydrogen-bond donors (Lipinski definition) is 3. The van der Waals surface area contributed by atoms with E-state index in [1.165, 1.54) is 0 Å². The number of aromatic nitrogens is 2.